The predicted molar refractivity (Wildman–Crippen MR) is 120 cm³/mol. The van der Waals surface area contributed by atoms with Crippen molar-refractivity contribution < 1.29 is 46.3 Å². The van der Waals surface area contributed by atoms with Crippen molar-refractivity contribution in [2.24, 2.45) is 0 Å². The lowest BCUT2D eigenvalue weighted by atomic mass is 10.1. The monoisotopic (exact) mass is 478 g/mol. The smallest absolute Gasteiger partial charge is 0.394 e. The third-order valence-corrected chi connectivity index (χ3v) is 3.82. The summed E-state index contributed by atoms with van der Waals surface area (Å²) in [5, 5.41) is 16.7. The van der Waals surface area contributed by atoms with E-state index in [2.05, 4.69) is 11.1 Å². The van der Waals surface area contributed by atoms with E-state index in [1.807, 2.05) is 13.8 Å². The zero-order chi connectivity index (χ0) is 24.1. The molecule has 0 spiro atoms. The molecular weight excluding hydrogens is 432 g/mol. The highest BCUT2D eigenvalue weighted by atomic mass is 32.3. The van der Waals surface area contributed by atoms with Gasteiger partial charge in [0.1, 0.15) is 0 Å². The summed E-state index contributed by atoms with van der Waals surface area (Å²) in [4.78, 5) is 0. The number of unbranched alkanes of at least 4 members (excludes halogenated alkanes) is 5. The van der Waals surface area contributed by atoms with E-state index in [0.717, 1.165) is 26.1 Å². The van der Waals surface area contributed by atoms with Gasteiger partial charge in [-0.2, -0.15) is 8.42 Å². The van der Waals surface area contributed by atoms with Gasteiger partial charge in [0.05, 0.1) is 59.5 Å². The number of aliphatic hydroxyl groups is 2. The molecule has 0 aliphatic rings. The summed E-state index contributed by atoms with van der Waals surface area (Å²) >= 11 is 0. The van der Waals surface area contributed by atoms with Crippen LogP contribution in [-0.4, -0.2) is 95.9 Å². The number of rotatable bonds is 20. The minimum atomic E-state index is -4.22. The van der Waals surface area contributed by atoms with E-state index in [4.69, 9.17) is 33.7 Å². The Hall–Kier alpha value is -0.370. The topological polar surface area (TPSA) is 141 Å². The van der Waals surface area contributed by atoms with E-state index < -0.39 is 10.4 Å². The Kier molecular flexibility index (Phi) is 36.1. The van der Waals surface area contributed by atoms with Gasteiger partial charge in [0.2, 0.25) is 0 Å². The van der Waals surface area contributed by atoms with Gasteiger partial charge in [-0.15, -0.1) is 0 Å². The van der Waals surface area contributed by atoms with Crippen LogP contribution < -0.4 is 0 Å². The van der Waals surface area contributed by atoms with Gasteiger partial charge >= 0.3 is 10.4 Å². The molecule has 10 nitrogen and oxygen atoms in total. The van der Waals surface area contributed by atoms with Crippen LogP contribution in [0.4, 0.5) is 0 Å². The number of hydrogen-bond donors (Lipinski definition) is 3. The van der Waals surface area contributed by atoms with E-state index in [1.165, 1.54) is 19.3 Å². The number of ether oxygens (including phenoxy) is 4. The van der Waals surface area contributed by atoms with Crippen LogP contribution in [0.1, 0.15) is 59.3 Å². The Morgan fingerprint density at radius 2 is 1.00 bits per heavy atom. The Bertz CT molecular complexity index is 381. The van der Waals surface area contributed by atoms with Crippen LogP contribution in [0, 0.1) is 0 Å². The Morgan fingerprint density at radius 1 is 0.581 bits per heavy atom. The molecule has 31 heavy (non-hydrogen) atoms. The maximum atomic E-state index is 10.1. The van der Waals surface area contributed by atoms with Crippen molar-refractivity contribution in [1.82, 2.24) is 0 Å². The van der Waals surface area contributed by atoms with Crippen molar-refractivity contribution in [3.63, 3.8) is 0 Å². The normalized spacial score (nSPS) is 10.8. The molecule has 11 heteroatoms. The summed E-state index contributed by atoms with van der Waals surface area (Å²) in [6.07, 6.45) is 6.34. The van der Waals surface area contributed by atoms with Crippen molar-refractivity contribution >= 4 is 10.4 Å². The number of aliphatic hydroxyl groups excluding tert-OH is 2. The summed E-state index contributed by atoms with van der Waals surface area (Å²) in [5.74, 6) is 0. The second-order valence-electron chi connectivity index (χ2n) is 6.08. The molecule has 0 fully saturated rings. The van der Waals surface area contributed by atoms with Crippen molar-refractivity contribution in [3.8, 4) is 0 Å². The summed E-state index contributed by atoms with van der Waals surface area (Å²) < 4.78 is 52.4. The highest BCUT2D eigenvalue weighted by Gasteiger charge is 2.02. The lowest BCUT2D eigenvalue weighted by Crippen LogP contribution is -2.11. The van der Waals surface area contributed by atoms with E-state index in [0.29, 0.717) is 46.1 Å². The molecule has 0 radical (unpaired) electrons. The second-order valence-corrected chi connectivity index (χ2v) is 7.17. The molecule has 0 saturated heterocycles. The first-order chi connectivity index (χ1) is 14.9. The molecule has 0 amide bonds. The zero-order valence-corrected chi connectivity index (χ0v) is 20.4. The standard InChI is InChI=1S/C8H18O5.C8H18O4S.C4H10O/c9-1-3-11-5-7-13-8-6-12-4-2-10;1-2-3-4-5-6-7-8-12-13(9,10)11;1-3-5-4-2/h9-10H,1-8H2;2-8H2,1H3,(H,9,10,11);3-4H2,1-2H3. The maximum Gasteiger partial charge on any atom is 0.397 e. The molecule has 0 aliphatic carbocycles. The fraction of sp³-hybridized carbons (Fsp3) is 1.00. The summed E-state index contributed by atoms with van der Waals surface area (Å²) in [6.45, 7) is 10.7. The Labute approximate surface area is 189 Å². The van der Waals surface area contributed by atoms with Gasteiger partial charge < -0.3 is 29.2 Å². The first-order valence-electron chi connectivity index (χ1n) is 11.0. The van der Waals surface area contributed by atoms with Crippen molar-refractivity contribution in [1.29, 1.82) is 0 Å². The second kappa shape index (κ2) is 31.8. The van der Waals surface area contributed by atoms with Gasteiger partial charge in [-0.25, -0.2) is 4.18 Å². The quantitative estimate of drug-likeness (QED) is 0.176. The van der Waals surface area contributed by atoms with Crippen molar-refractivity contribution in [2.75, 3.05) is 72.7 Å². The van der Waals surface area contributed by atoms with Gasteiger partial charge in [-0.1, -0.05) is 39.0 Å². The van der Waals surface area contributed by atoms with Crippen LogP contribution in [0.15, 0.2) is 0 Å². The summed E-state index contributed by atoms with van der Waals surface area (Å²) in [7, 11) is -4.22. The molecule has 0 aromatic heterocycles. The molecule has 0 aromatic rings. The largest absolute Gasteiger partial charge is 0.397 e. The van der Waals surface area contributed by atoms with E-state index in [1.54, 1.807) is 0 Å². The molecule has 0 saturated carbocycles. The SMILES string of the molecule is CCCCCCCCOS(=O)(=O)O.CCOCC.OCCOCCOCCOCCO. The van der Waals surface area contributed by atoms with E-state index >= 15 is 0 Å². The average Bonchev–Trinajstić information content (AvgIpc) is 2.73. The van der Waals surface area contributed by atoms with E-state index in [9.17, 15) is 8.42 Å². The minimum Gasteiger partial charge on any atom is -0.394 e. The molecule has 192 valence electrons. The molecule has 0 unspecified atom stereocenters. The fourth-order valence-corrected chi connectivity index (χ4v) is 2.25. The summed E-state index contributed by atoms with van der Waals surface area (Å²) in [5.41, 5.74) is 0. The van der Waals surface area contributed by atoms with Crippen LogP contribution in [0.2, 0.25) is 0 Å². The molecule has 0 aromatic carbocycles. The minimum absolute atomic E-state index is 0.0413. The molecule has 0 bridgehead atoms. The third kappa shape index (κ3) is 48.3. The maximum absolute atomic E-state index is 10.1. The van der Waals surface area contributed by atoms with Crippen LogP contribution >= 0.6 is 0 Å². The molecule has 0 aliphatic heterocycles. The lowest BCUT2D eigenvalue weighted by Gasteiger charge is -2.04. The van der Waals surface area contributed by atoms with Gasteiger partial charge in [0, 0.05) is 13.2 Å². The van der Waals surface area contributed by atoms with Crippen LogP contribution in [-0.2, 0) is 33.5 Å². The highest BCUT2D eigenvalue weighted by molar-refractivity contribution is 7.80. The first-order valence-corrected chi connectivity index (χ1v) is 12.4. The molecule has 0 heterocycles. The van der Waals surface area contributed by atoms with Gasteiger partial charge in [0.25, 0.3) is 0 Å². The average molecular weight is 479 g/mol. The lowest BCUT2D eigenvalue weighted by molar-refractivity contribution is 0.00230. The van der Waals surface area contributed by atoms with Crippen molar-refractivity contribution in [2.45, 2.75) is 59.3 Å². The fourth-order valence-electron chi connectivity index (χ4n) is 1.92. The van der Waals surface area contributed by atoms with Crippen molar-refractivity contribution in [3.05, 3.63) is 0 Å². The van der Waals surface area contributed by atoms with Crippen LogP contribution in [0.25, 0.3) is 0 Å². The van der Waals surface area contributed by atoms with Gasteiger partial charge in [-0.05, 0) is 20.3 Å². The Morgan fingerprint density at radius 3 is 1.35 bits per heavy atom. The summed E-state index contributed by atoms with van der Waals surface area (Å²) in [6, 6.07) is 0. The van der Waals surface area contributed by atoms with Crippen LogP contribution in [0.3, 0.4) is 0 Å². The highest BCUT2D eigenvalue weighted by Crippen LogP contribution is 2.05. The van der Waals surface area contributed by atoms with Crippen LogP contribution in [0.5, 0.6) is 0 Å². The molecule has 0 atom stereocenters. The predicted octanol–water partition coefficient (Wildman–Crippen LogP) is 2.23. The van der Waals surface area contributed by atoms with Gasteiger partial charge in [-0.3, -0.25) is 4.55 Å². The zero-order valence-electron chi connectivity index (χ0n) is 19.6. The molecule has 0 rings (SSSR count). The third-order valence-electron chi connectivity index (χ3n) is 3.35. The van der Waals surface area contributed by atoms with E-state index in [-0.39, 0.29) is 19.8 Å². The molecule has 3 N–H and O–H groups in total. The number of hydrogen-bond acceptors (Lipinski definition) is 9. The first kappa shape index (κ1) is 35.2. The molecular formula is C20H46O10S. The Balaban J connectivity index is -0.000000416. The van der Waals surface area contributed by atoms with Gasteiger partial charge in [0.15, 0.2) is 0 Å².